The van der Waals surface area contributed by atoms with Gasteiger partial charge >= 0.3 is 6.03 Å². The van der Waals surface area contributed by atoms with Crippen molar-refractivity contribution in [3.05, 3.63) is 59.1 Å². The highest BCUT2D eigenvalue weighted by atomic mass is 35.5. The molecule has 0 bridgehead atoms. The van der Waals surface area contributed by atoms with E-state index in [1.54, 1.807) is 24.3 Å². The smallest absolute Gasteiger partial charge is 0.315 e. The average Bonchev–Trinajstić information content (AvgIpc) is 2.59. The average molecular weight is 348 g/mol. The van der Waals surface area contributed by atoms with Crippen LogP contribution in [0.2, 0.25) is 5.02 Å². The zero-order valence-corrected chi connectivity index (χ0v) is 14.6. The van der Waals surface area contributed by atoms with Gasteiger partial charge in [-0.15, -0.1) is 0 Å². The normalized spacial score (nSPS) is 10.1. The molecule has 2 N–H and O–H groups in total. The van der Waals surface area contributed by atoms with Gasteiger partial charge in [0.2, 0.25) is 0 Å². The number of hydrogen-bond donors (Lipinski definition) is 2. The topological polar surface area (TPSA) is 53.6 Å². The van der Waals surface area contributed by atoms with E-state index in [-0.39, 0.29) is 6.03 Å². The van der Waals surface area contributed by atoms with E-state index in [9.17, 15) is 4.79 Å². The molecule has 0 aromatic heterocycles. The molecule has 0 radical (unpaired) electrons. The summed E-state index contributed by atoms with van der Waals surface area (Å²) in [6.45, 7) is 1.30. The van der Waals surface area contributed by atoms with Crippen LogP contribution < -0.4 is 20.3 Å². The first-order valence-corrected chi connectivity index (χ1v) is 8.09. The fourth-order valence-electron chi connectivity index (χ4n) is 2.02. The molecule has 5 nitrogen and oxygen atoms in total. The molecular weight excluding hydrogens is 326 g/mol. The third-order valence-corrected chi connectivity index (χ3v) is 3.63. The van der Waals surface area contributed by atoms with Gasteiger partial charge in [-0.3, -0.25) is 0 Å². The number of rotatable bonds is 7. The van der Waals surface area contributed by atoms with Crippen LogP contribution in [0.15, 0.2) is 48.5 Å². The minimum absolute atomic E-state index is 0.216. The van der Waals surface area contributed by atoms with Crippen molar-refractivity contribution in [3.63, 3.8) is 0 Å². The molecule has 2 aromatic carbocycles. The van der Waals surface area contributed by atoms with E-state index in [0.29, 0.717) is 24.7 Å². The quantitative estimate of drug-likeness (QED) is 0.756. The van der Waals surface area contributed by atoms with Gasteiger partial charge in [-0.2, -0.15) is 0 Å². The molecule has 0 saturated heterocycles. The molecule has 0 heterocycles. The number of hydrogen-bond acceptors (Lipinski definition) is 3. The van der Waals surface area contributed by atoms with E-state index in [0.717, 1.165) is 17.0 Å². The lowest BCUT2D eigenvalue weighted by atomic mass is 10.2. The molecule has 128 valence electrons. The first-order valence-electron chi connectivity index (χ1n) is 7.71. The van der Waals surface area contributed by atoms with E-state index in [2.05, 4.69) is 10.6 Å². The SMILES string of the molecule is CN(C)c1ccc(CNC(=O)NCCOc2ccc(Cl)cc2)cc1. The van der Waals surface area contributed by atoms with Crippen LogP contribution in [0.4, 0.5) is 10.5 Å². The second-order valence-corrected chi connectivity index (χ2v) is 5.91. The lowest BCUT2D eigenvalue weighted by molar-refractivity contribution is 0.236. The summed E-state index contributed by atoms with van der Waals surface area (Å²) in [5, 5.41) is 6.24. The van der Waals surface area contributed by atoms with Crippen molar-refractivity contribution in [3.8, 4) is 5.75 Å². The van der Waals surface area contributed by atoms with Crippen molar-refractivity contribution < 1.29 is 9.53 Å². The van der Waals surface area contributed by atoms with Crippen molar-refractivity contribution in [1.29, 1.82) is 0 Å². The van der Waals surface area contributed by atoms with Crippen molar-refractivity contribution in [2.24, 2.45) is 0 Å². The highest BCUT2D eigenvalue weighted by Gasteiger charge is 2.01. The lowest BCUT2D eigenvalue weighted by Gasteiger charge is -2.13. The third-order valence-electron chi connectivity index (χ3n) is 3.38. The Morgan fingerprint density at radius 3 is 2.33 bits per heavy atom. The number of benzene rings is 2. The molecule has 0 aliphatic heterocycles. The Labute approximate surface area is 147 Å². The number of anilines is 1. The lowest BCUT2D eigenvalue weighted by Crippen LogP contribution is -2.37. The van der Waals surface area contributed by atoms with Crippen LogP contribution in [0.3, 0.4) is 0 Å². The van der Waals surface area contributed by atoms with Gasteiger partial charge in [0.25, 0.3) is 0 Å². The van der Waals surface area contributed by atoms with Crippen molar-refractivity contribution in [2.45, 2.75) is 6.54 Å². The summed E-state index contributed by atoms with van der Waals surface area (Å²) in [6.07, 6.45) is 0. The summed E-state index contributed by atoms with van der Waals surface area (Å²) in [5.74, 6) is 0.725. The largest absolute Gasteiger partial charge is 0.492 e. The molecule has 0 spiro atoms. The molecule has 0 aliphatic rings. The summed E-state index contributed by atoms with van der Waals surface area (Å²) >= 11 is 5.80. The predicted octanol–water partition coefficient (Wildman–Crippen LogP) is 3.28. The number of amides is 2. The van der Waals surface area contributed by atoms with Crippen LogP contribution in [0.5, 0.6) is 5.75 Å². The van der Waals surface area contributed by atoms with Gasteiger partial charge in [0.05, 0.1) is 6.54 Å². The molecule has 2 rings (SSSR count). The maximum absolute atomic E-state index is 11.7. The van der Waals surface area contributed by atoms with E-state index in [1.807, 2.05) is 43.3 Å². The molecule has 0 fully saturated rings. The summed E-state index contributed by atoms with van der Waals surface area (Å²) < 4.78 is 5.50. The second kappa shape index (κ2) is 9.03. The number of urea groups is 1. The van der Waals surface area contributed by atoms with Crippen LogP contribution >= 0.6 is 11.6 Å². The van der Waals surface area contributed by atoms with Crippen molar-refractivity contribution >= 4 is 23.3 Å². The first-order chi connectivity index (χ1) is 11.5. The maximum Gasteiger partial charge on any atom is 0.315 e. The fraction of sp³-hybridized carbons (Fsp3) is 0.278. The molecule has 0 saturated carbocycles. The van der Waals surface area contributed by atoms with E-state index >= 15 is 0 Å². The van der Waals surface area contributed by atoms with Gasteiger partial charge in [0, 0.05) is 31.4 Å². The number of nitrogens with zero attached hydrogens (tertiary/aromatic N) is 1. The number of carbonyl (C=O) groups is 1. The summed E-state index contributed by atoms with van der Waals surface area (Å²) in [4.78, 5) is 13.8. The molecule has 6 heteroatoms. The van der Waals surface area contributed by atoms with Crippen LogP contribution in [-0.4, -0.2) is 33.3 Å². The Morgan fingerprint density at radius 1 is 1.04 bits per heavy atom. The standard InChI is InChI=1S/C18H22ClN3O2/c1-22(2)16-7-3-14(4-8-16)13-21-18(23)20-11-12-24-17-9-5-15(19)6-10-17/h3-10H,11-13H2,1-2H3,(H2,20,21,23). The third kappa shape index (κ3) is 6.01. The Morgan fingerprint density at radius 2 is 1.71 bits per heavy atom. The maximum atomic E-state index is 11.7. The Balaban J connectivity index is 1.63. The molecule has 2 aromatic rings. The summed E-state index contributed by atoms with van der Waals surface area (Å²) in [5.41, 5.74) is 2.18. The van der Waals surface area contributed by atoms with Crippen molar-refractivity contribution in [1.82, 2.24) is 10.6 Å². The molecular formula is C18H22ClN3O2. The Kier molecular flexibility index (Phi) is 6.75. The van der Waals surface area contributed by atoms with Crippen LogP contribution in [-0.2, 0) is 6.54 Å². The Bertz CT molecular complexity index is 642. The number of carbonyl (C=O) groups excluding carboxylic acids is 1. The van der Waals surface area contributed by atoms with Gasteiger partial charge in [0.1, 0.15) is 12.4 Å². The van der Waals surface area contributed by atoms with Gasteiger partial charge in [0.15, 0.2) is 0 Å². The monoisotopic (exact) mass is 347 g/mol. The number of ether oxygens (including phenoxy) is 1. The van der Waals surface area contributed by atoms with Crippen LogP contribution in [0.25, 0.3) is 0 Å². The second-order valence-electron chi connectivity index (χ2n) is 5.47. The van der Waals surface area contributed by atoms with Crippen LogP contribution in [0.1, 0.15) is 5.56 Å². The highest BCUT2D eigenvalue weighted by molar-refractivity contribution is 6.30. The first kappa shape index (κ1) is 17.9. The van der Waals surface area contributed by atoms with E-state index in [1.165, 1.54) is 0 Å². The molecule has 0 unspecified atom stereocenters. The highest BCUT2D eigenvalue weighted by Crippen LogP contribution is 2.15. The predicted molar refractivity (Wildman–Crippen MR) is 98.0 cm³/mol. The molecule has 24 heavy (non-hydrogen) atoms. The molecule has 0 atom stereocenters. The minimum Gasteiger partial charge on any atom is -0.492 e. The van der Waals surface area contributed by atoms with Gasteiger partial charge in [-0.05, 0) is 42.0 Å². The molecule has 0 aliphatic carbocycles. The van der Waals surface area contributed by atoms with E-state index < -0.39 is 0 Å². The molecule has 2 amide bonds. The fourth-order valence-corrected chi connectivity index (χ4v) is 2.15. The number of halogens is 1. The van der Waals surface area contributed by atoms with E-state index in [4.69, 9.17) is 16.3 Å². The van der Waals surface area contributed by atoms with Crippen molar-refractivity contribution in [2.75, 3.05) is 32.1 Å². The van der Waals surface area contributed by atoms with Crippen LogP contribution in [0, 0.1) is 0 Å². The van der Waals surface area contributed by atoms with Gasteiger partial charge in [-0.25, -0.2) is 4.79 Å². The minimum atomic E-state index is -0.216. The Hall–Kier alpha value is -2.40. The number of nitrogens with one attached hydrogen (secondary N) is 2. The zero-order valence-electron chi connectivity index (χ0n) is 13.9. The van der Waals surface area contributed by atoms with Gasteiger partial charge < -0.3 is 20.3 Å². The summed E-state index contributed by atoms with van der Waals surface area (Å²) in [7, 11) is 3.99. The van der Waals surface area contributed by atoms with Gasteiger partial charge in [-0.1, -0.05) is 23.7 Å². The summed E-state index contributed by atoms with van der Waals surface area (Å²) in [6, 6.07) is 14.9. The zero-order chi connectivity index (χ0) is 17.4.